The number of rotatable bonds is 3. The normalized spacial score (nSPS) is 16.7. The molecule has 27 heavy (non-hydrogen) atoms. The summed E-state index contributed by atoms with van der Waals surface area (Å²) in [7, 11) is 1.59. The predicted octanol–water partition coefficient (Wildman–Crippen LogP) is 2.82. The molecule has 0 saturated carbocycles. The van der Waals surface area contributed by atoms with Crippen molar-refractivity contribution in [3.8, 4) is 0 Å². The van der Waals surface area contributed by atoms with Crippen molar-refractivity contribution in [3.63, 3.8) is 0 Å². The van der Waals surface area contributed by atoms with Crippen LogP contribution in [0, 0.1) is 5.82 Å². The Balaban J connectivity index is 1.66. The van der Waals surface area contributed by atoms with Crippen LogP contribution in [0.5, 0.6) is 0 Å². The minimum Gasteiger partial charge on any atom is -0.354 e. The number of hydrogen-bond acceptors (Lipinski definition) is 5. The summed E-state index contributed by atoms with van der Waals surface area (Å²) in [6.07, 6.45) is 3.93. The molecule has 0 spiro atoms. The van der Waals surface area contributed by atoms with Gasteiger partial charge in [0.1, 0.15) is 16.2 Å². The van der Waals surface area contributed by atoms with Gasteiger partial charge in [0, 0.05) is 49.6 Å². The van der Waals surface area contributed by atoms with E-state index >= 15 is 0 Å². The zero-order valence-corrected chi connectivity index (χ0v) is 15.4. The van der Waals surface area contributed by atoms with Gasteiger partial charge in [0.15, 0.2) is 0 Å². The van der Waals surface area contributed by atoms with Gasteiger partial charge in [-0.15, -0.1) is 11.3 Å². The van der Waals surface area contributed by atoms with Crippen molar-refractivity contribution in [3.05, 3.63) is 58.5 Å². The molecule has 1 N–H and O–H groups in total. The summed E-state index contributed by atoms with van der Waals surface area (Å²) in [4.78, 5) is 36.8. The Morgan fingerprint density at radius 2 is 2.11 bits per heavy atom. The quantitative estimate of drug-likeness (QED) is 0.754. The number of likely N-dealkylation sites (tertiary alicyclic amines) is 1. The third-order valence-electron chi connectivity index (χ3n) is 4.75. The number of nitrogens with zero attached hydrogens (tertiary/aromatic N) is 3. The van der Waals surface area contributed by atoms with Crippen LogP contribution in [0.2, 0.25) is 0 Å². The molecule has 0 radical (unpaired) electrons. The monoisotopic (exact) mass is 384 g/mol. The maximum atomic E-state index is 13.4. The first-order valence-electron chi connectivity index (χ1n) is 8.59. The first kappa shape index (κ1) is 17.5. The second-order valence-corrected chi connectivity index (χ2v) is 7.38. The summed E-state index contributed by atoms with van der Waals surface area (Å²) in [5.41, 5.74) is 1.89. The number of halogens is 1. The Morgan fingerprint density at radius 3 is 2.89 bits per heavy atom. The van der Waals surface area contributed by atoms with Crippen LogP contribution in [0.25, 0.3) is 10.3 Å². The minimum atomic E-state index is -0.433. The highest BCUT2D eigenvalue weighted by Gasteiger charge is 2.33. The lowest BCUT2D eigenvalue weighted by Crippen LogP contribution is -2.28. The van der Waals surface area contributed by atoms with Crippen molar-refractivity contribution in [2.24, 2.45) is 0 Å². The van der Waals surface area contributed by atoms with E-state index in [0.29, 0.717) is 40.3 Å². The van der Waals surface area contributed by atoms with Gasteiger partial charge in [-0.05, 0) is 24.6 Å². The van der Waals surface area contributed by atoms with E-state index in [1.54, 1.807) is 30.4 Å². The Hall–Kier alpha value is -2.87. The van der Waals surface area contributed by atoms with Crippen molar-refractivity contribution >= 4 is 33.5 Å². The highest BCUT2D eigenvalue weighted by molar-refractivity contribution is 7.20. The molecule has 4 rings (SSSR count). The van der Waals surface area contributed by atoms with E-state index in [2.05, 4.69) is 15.3 Å². The largest absolute Gasteiger partial charge is 0.354 e. The van der Waals surface area contributed by atoms with Crippen LogP contribution < -0.4 is 5.32 Å². The summed E-state index contributed by atoms with van der Waals surface area (Å²) >= 11 is 1.31. The smallest absolute Gasteiger partial charge is 0.261 e. The van der Waals surface area contributed by atoms with Crippen LogP contribution in [0.15, 0.2) is 36.7 Å². The summed E-state index contributed by atoms with van der Waals surface area (Å²) in [5, 5.41) is 2.67. The average Bonchev–Trinajstić information content (AvgIpc) is 3.31. The van der Waals surface area contributed by atoms with E-state index in [-0.39, 0.29) is 17.7 Å². The maximum Gasteiger partial charge on any atom is 0.261 e. The molecular weight excluding hydrogens is 367 g/mol. The number of carbonyl (C=O) groups is 2. The van der Waals surface area contributed by atoms with E-state index < -0.39 is 5.82 Å². The molecule has 1 fully saturated rings. The van der Waals surface area contributed by atoms with E-state index in [4.69, 9.17) is 0 Å². The summed E-state index contributed by atoms with van der Waals surface area (Å²) < 4.78 is 13.4. The highest BCUT2D eigenvalue weighted by Crippen LogP contribution is 2.38. The predicted molar refractivity (Wildman–Crippen MR) is 100 cm³/mol. The van der Waals surface area contributed by atoms with Crippen LogP contribution in [0.1, 0.15) is 37.9 Å². The number of carbonyl (C=O) groups excluding carboxylic acids is 2. The molecule has 1 atom stereocenters. The molecule has 138 valence electrons. The number of nitrogens with one attached hydrogen (secondary N) is 1. The lowest BCUT2D eigenvalue weighted by Gasteiger charge is -2.17. The van der Waals surface area contributed by atoms with Gasteiger partial charge in [0.2, 0.25) is 0 Å². The fourth-order valence-electron chi connectivity index (χ4n) is 3.49. The fraction of sp³-hybridized carbons (Fsp3) is 0.263. The molecular formula is C19H17FN4O2S. The molecule has 2 aromatic heterocycles. The first-order chi connectivity index (χ1) is 13.1. The van der Waals surface area contributed by atoms with Crippen molar-refractivity contribution < 1.29 is 14.0 Å². The Labute approximate surface area is 159 Å². The van der Waals surface area contributed by atoms with Crippen molar-refractivity contribution in [2.45, 2.75) is 12.3 Å². The molecule has 1 saturated heterocycles. The van der Waals surface area contributed by atoms with E-state index in [1.807, 2.05) is 0 Å². The molecule has 6 nitrogen and oxygen atoms in total. The highest BCUT2D eigenvalue weighted by atomic mass is 32.1. The number of hydrogen-bond donors (Lipinski definition) is 1. The van der Waals surface area contributed by atoms with E-state index in [0.717, 1.165) is 5.56 Å². The van der Waals surface area contributed by atoms with Gasteiger partial charge in [0.05, 0.1) is 4.88 Å². The molecule has 2 amide bonds. The van der Waals surface area contributed by atoms with Gasteiger partial charge in [-0.2, -0.15) is 0 Å². The maximum absolute atomic E-state index is 13.4. The van der Waals surface area contributed by atoms with Crippen LogP contribution in [0.4, 0.5) is 4.39 Å². The first-order valence-corrected chi connectivity index (χ1v) is 9.40. The standard InChI is InChI=1S/C19H17FN4O2S/c1-21-17(25)16-14(15-18(27-16)23-7-6-22-15)12-5-8-24(10-12)19(26)11-3-2-4-13(20)9-11/h2-4,6-7,9,12H,5,8,10H2,1H3,(H,21,25)/t12-/m0/s1. The number of amides is 2. The summed E-state index contributed by atoms with van der Waals surface area (Å²) in [6, 6.07) is 5.70. The molecule has 3 aromatic rings. The van der Waals surface area contributed by atoms with Gasteiger partial charge in [-0.25, -0.2) is 9.37 Å². The fourth-order valence-corrected chi connectivity index (χ4v) is 4.62. The van der Waals surface area contributed by atoms with Crippen LogP contribution in [-0.4, -0.2) is 46.8 Å². The van der Waals surface area contributed by atoms with Gasteiger partial charge in [-0.1, -0.05) is 6.07 Å². The molecule has 3 heterocycles. The third-order valence-corrected chi connectivity index (χ3v) is 5.85. The molecule has 0 aliphatic carbocycles. The van der Waals surface area contributed by atoms with Gasteiger partial charge >= 0.3 is 0 Å². The van der Waals surface area contributed by atoms with Gasteiger partial charge < -0.3 is 10.2 Å². The number of fused-ring (bicyclic) bond motifs is 1. The Bertz CT molecular complexity index is 1040. The SMILES string of the molecule is CNC(=O)c1sc2nccnc2c1[C@H]1CCN(C(=O)c2cccc(F)c2)C1. The van der Waals surface area contributed by atoms with Crippen LogP contribution >= 0.6 is 11.3 Å². The van der Waals surface area contributed by atoms with Gasteiger partial charge in [-0.3, -0.25) is 14.6 Å². The number of aromatic nitrogens is 2. The summed E-state index contributed by atoms with van der Waals surface area (Å²) in [5.74, 6) is -0.827. The van der Waals surface area contributed by atoms with Crippen molar-refractivity contribution in [1.29, 1.82) is 0 Å². The van der Waals surface area contributed by atoms with Crippen LogP contribution in [0.3, 0.4) is 0 Å². The third kappa shape index (κ3) is 3.16. The summed E-state index contributed by atoms with van der Waals surface area (Å²) in [6.45, 7) is 1.01. The molecule has 1 aliphatic heterocycles. The minimum absolute atomic E-state index is 0.0136. The van der Waals surface area contributed by atoms with Gasteiger partial charge in [0.25, 0.3) is 11.8 Å². The second-order valence-electron chi connectivity index (χ2n) is 6.38. The van der Waals surface area contributed by atoms with Crippen molar-refractivity contribution in [1.82, 2.24) is 20.2 Å². The van der Waals surface area contributed by atoms with E-state index in [9.17, 15) is 14.0 Å². The van der Waals surface area contributed by atoms with Crippen LogP contribution in [-0.2, 0) is 0 Å². The zero-order chi connectivity index (χ0) is 19.0. The lowest BCUT2D eigenvalue weighted by molar-refractivity contribution is 0.0790. The van der Waals surface area contributed by atoms with E-state index in [1.165, 1.54) is 29.5 Å². The number of benzene rings is 1. The molecule has 0 unspecified atom stereocenters. The van der Waals surface area contributed by atoms with Crippen molar-refractivity contribution in [2.75, 3.05) is 20.1 Å². The zero-order valence-electron chi connectivity index (χ0n) is 14.6. The topological polar surface area (TPSA) is 75.2 Å². The Morgan fingerprint density at radius 1 is 1.30 bits per heavy atom. The Kier molecular flexibility index (Phi) is 4.57. The molecule has 1 aromatic carbocycles. The molecule has 8 heteroatoms. The number of thiophene rings is 1. The molecule has 0 bridgehead atoms. The molecule has 1 aliphatic rings. The average molecular weight is 384 g/mol. The second kappa shape index (κ2) is 7.03. The lowest BCUT2D eigenvalue weighted by atomic mass is 9.97.